The highest BCUT2D eigenvalue weighted by Crippen LogP contribution is 2.24. The minimum absolute atomic E-state index is 0. The quantitative estimate of drug-likeness (QED) is 0.252. The lowest BCUT2D eigenvalue weighted by Gasteiger charge is -2.11. The molecular formula is C17H26IN3O4S. The third-order valence-corrected chi connectivity index (χ3v) is 4.63. The van der Waals surface area contributed by atoms with Crippen molar-refractivity contribution >= 4 is 50.7 Å². The Kier molecular flexibility index (Phi) is 9.37. The van der Waals surface area contributed by atoms with Gasteiger partial charge in [0.25, 0.3) is 0 Å². The van der Waals surface area contributed by atoms with E-state index in [0.29, 0.717) is 25.7 Å². The molecule has 1 aromatic heterocycles. The zero-order valence-electron chi connectivity index (χ0n) is 15.2. The van der Waals surface area contributed by atoms with E-state index < -0.39 is 9.84 Å². The molecule has 0 amide bonds. The summed E-state index contributed by atoms with van der Waals surface area (Å²) in [6, 6.07) is 7.93. The van der Waals surface area contributed by atoms with Gasteiger partial charge in [-0.1, -0.05) is 18.2 Å². The van der Waals surface area contributed by atoms with Gasteiger partial charge in [0, 0.05) is 30.8 Å². The lowest BCUT2D eigenvalue weighted by molar-refractivity contribution is 0.154. The number of hydrogen-bond acceptors (Lipinski definition) is 5. The minimum Gasteiger partial charge on any atom is -0.459 e. The van der Waals surface area contributed by atoms with E-state index in [0.717, 1.165) is 22.3 Å². The van der Waals surface area contributed by atoms with E-state index in [4.69, 9.17) is 9.15 Å². The van der Waals surface area contributed by atoms with Gasteiger partial charge in [-0.3, -0.25) is 4.99 Å². The first-order chi connectivity index (χ1) is 11.9. The van der Waals surface area contributed by atoms with Gasteiger partial charge in [-0.15, -0.1) is 24.0 Å². The Bertz CT molecular complexity index is 834. The van der Waals surface area contributed by atoms with Gasteiger partial charge in [0.05, 0.1) is 25.5 Å². The average Bonchev–Trinajstić information content (AvgIpc) is 2.89. The Labute approximate surface area is 171 Å². The fourth-order valence-electron chi connectivity index (χ4n) is 2.33. The molecule has 2 N–H and O–H groups in total. The number of benzene rings is 1. The number of aliphatic imine (C=N–C) groups is 1. The second-order valence-electron chi connectivity index (χ2n) is 5.74. The Morgan fingerprint density at radius 2 is 1.96 bits per heavy atom. The van der Waals surface area contributed by atoms with E-state index in [1.165, 1.54) is 6.26 Å². The van der Waals surface area contributed by atoms with Crippen molar-refractivity contribution in [2.24, 2.45) is 4.99 Å². The number of para-hydroxylation sites is 1. The molecule has 1 aromatic carbocycles. The number of furan rings is 1. The molecule has 0 fully saturated rings. The summed E-state index contributed by atoms with van der Waals surface area (Å²) in [5, 5.41) is 7.42. The first kappa shape index (κ1) is 22.7. The van der Waals surface area contributed by atoms with Gasteiger partial charge >= 0.3 is 0 Å². The van der Waals surface area contributed by atoms with Crippen molar-refractivity contribution in [1.29, 1.82) is 0 Å². The summed E-state index contributed by atoms with van der Waals surface area (Å²) >= 11 is 0. The van der Waals surface area contributed by atoms with Gasteiger partial charge in [0.15, 0.2) is 5.96 Å². The first-order valence-corrected chi connectivity index (χ1v) is 10.1. The number of nitrogens with zero attached hydrogens (tertiary/aromatic N) is 1. The van der Waals surface area contributed by atoms with Crippen LogP contribution in [0.5, 0.6) is 0 Å². The Morgan fingerprint density at radius 3 is 2.62 bits per heavy atom. The van der Waals surface area contributed by atoms with Crippen LogP contribution in [-0.2, 0) is 21.1 Å². The summed E-state index contributed by atoms with van der Waals surface area (Å²) in [7, 11) is -1.29. The molecule has 9 heteroatoms. The summed E-state index contributed by atoms with van der Waals surface area (Å²) in [5.41, 5.74) is 1.99. The zero-order chi connectivity index (χ0) is 18.3. The number of rotatable bonds is 8. The monoisotopic (exact) mass is 495 g/mol. The molecule has 0 bridgehead atoms. The standard InChI is InChI=1S/C17H25N3O4S.HI/c1-13-14-6-4-5-7-15(14)24-16(13)12-20-17(18-2)19-8-9-23-10-11-25(3,21)22;/h4-7H,8-12H2,1-3H3,(H2,18,19,20);1H. The predicted octanol–water partition coefficient (Wildman–Crippen LogP) is 2.09. The van der Waals surface area contributed by atoms with E-state index in [1.54, 1.807) is 7.05 Å². The third kappa shape index (κ3) is 7.12. The molecule has 1 heterocycles. The SMILES string of the molecule is CN=C(NCCOCCS(C)(=O)=O)NCc1oc2ccccc2c1C.I. The Balaban J connectivity index is 0.00000338. The number of halogens is 1. The fraction of sp³-hybridized carbons (Fsp3) is 0.471. The molecule has 0 aliphatic carbocycles. The fourth-order valence-corrected chi connectivity index (χ4v) is 2.75. The molecule has 2 rings (SSSR count). The Morgan fingerprint density at radius 1 is 1.23 bits per heavy atom. The number of aryl methyl sites for hydroxylation is 1. The van der Waals surface area contributed by atoms with E-state index in [-0.39, 0.29) is 36.3 Å². The van der Waals surface area contributed by atoms with Crippen molar-refractivity contribution in [2.75, 3.05) is 38.8 Å². The maximum Gasteiger partial charge on any atom is 0.191 e. The first-order valence-electron chi connectivity index (χ1n) is 8.07. The molecule has 0 saturated heterocycles. The largest absolute Gasteiger partial charge is 0.459 e. The van der Waals surface area contributed by atoms with Gasteiger partial charge < -0.3 is 19.8 Å². The summed E-state index contributed by atoms with van der Waals surface area (Å²) in [6.45, 7) is 3.69. The molecular weight excluding hydrogens is 469 g/mol. The van der Waals surface area contributed by atoms with Crippen LogP contribution in [0.1, 0.15) is 11.3 Å². The Hall–Kier alpha value is -1.33. The molecule has 0 saturated carbocycles. The van der Waals surface area contributed by atoms with Crippen LogP contribution in [0.3, 0.4) is 0 Å². The molecule has 0 aliphatic heterocycles. The number of guanidine groups is 1. The van der Waals surface area contributed by atoms with E-state index in [1.807, 2.05) is 31.2 Å². The maximum absolute atomic E-state index is 11.0. The van der Waals surface area contributed by atoms with Crippen LogP contribution in [0.25, 0.3) is 11.0 Å². The highest BCUT2D eigenvalue weighted by Gasteiger charge is 2.10. The highest BCUT2D eigenvalue weighted by atomic mass is 127. The molecule has 0 unspecified atom stereocenters. The second-order valence-corrected chi connectivity index (χ2v) is 8.00. The van der Waals surface area contributed by atoms with Gasteiger partial charge in [-0.05, 0) is 13.0 Å². The van der Waals surface area contributed by atoms with Crippen LogP contribution in [0.4, 0.5) is 0 Å². The lowest BCUT2D eigenvalue weighted by atomic mass is 10.1. The molecule has 0 spiro atoms. The number of sulfone groups is 1. The number of fused-ring (bicyclic) bond motifs is 1. The van der Waals surface area contributed by atoms with Crippen LogP contribution >= 0.6 is 24.0 Å². The van der Waals surface area contributed by atoms with Crippen LogP contribution in [0.15, 0.2) is 33.7 Å². The van der Waals surface area contributed by atoms with Crippen LogP contribution in [0.2, 0.25) is 0 Å². The van der Waals surface area contributed by atoms with Crippen molar-refractivity contribution in [3.05, 3.63) is 35.6 Å². The lowest BCUT2D eigenvalue weighted by Crippen LogP contribution is -2.38. The molecule has 0 radical (unpaired) electrons. The highest BCUT2D eigenvalue weighted by molar-refractivity contribution is 14.0. The van der Waals surface area contributed by atoms with E-state index in [9.17, 15) is 8.42 Å². The van der Waals surface area contributed by atoms with Crippen molar-refractivity contribution in [3.63, 3.8) is 0 Å². The normalized spacial score (nSPS) is 12.0. The van der Waals surface area contributed by atoms with Crippen molar-refractivity contribution in [2.45, 2.75) is 13.5 Å². The number of nitrogens with one attached hydrogen (secondary N) is 2. The van der Waals surface area contributed by atoms with Crippen molar-refractivity contribution in [3.8, 4) is 0 Å². The van der Waals surface area contributed by atoms with Gasteiger partial charge in [0.2, 0.25) is 0 Å². The molecule has 26 heavy (non-hydrogen) atoms. The third-order valence-electron chi connectivity index (χ3n) is 3.72. The van der Waals surface area contributed by atoms with Crippen molar-refractivity contribution < 1.29 is 17.6 Å². The molecule has 0 aliphatic rings. The van der Waals surface area contributed by atoms with Gasteiger partial charge in [-0.25, -0.2) is 8.42 Å². The molecule has 7 nitrogen and oxygen atoms in total. The smallest absolute Gasteiger partial charge is 0.191 e. The van der Waals surface area contributed by atoms with Crippen molar-refractivity contribution in [1.82, 2.24) is 10.6 Å². The van der Waals surface area contributed by atoms with Gasteiger partial charge in [0.1, 0.15) is 21.2 Å². The summed E-state index contributed by atoms with van der Waals surface area (Å²) in [4.78, 5) is 4.15. The summed E-state index contributed by atoms with van der Waals surface area (Å²) in [5.74, 6) is 1.53. The number of ether oxygens (including phenoxy) is 1. The predicted molar refractivity (Wildman–Crippen MR) is 115 cm³/mol. The molecule has 2 aromatic rings. The summed E-state index contributed by atoms with van der Waals surface area (Å²) in [6.07, 6.45) is 1.19. The van der Waals surface area contributed by atoms with Crippen LogP contribution in [-0.4, -0.2) is 53.2 Å². The van der Waals surface area contributed by atoms with E-state index >= 15 is 0 Å². The average molecular weight is 495 g/mol. The van der Waals surface area contributed by atoms with Crippen LogP contribution < -0.4 is 10.6 Å². The van der Waals surface area contributed by atoms with Crippen LogP contribution in [0, 0.1) is 6.92 Å². The molecule has 146 valence electrons. The van der Waals surface area contributed by atoms with E-state index in [2.05, 4.69) is 15.6 Å². The maximum atomic E-state index is 11.0. The summed E-state index contributed by atoms with van der Waals surface area (Å²) < 4.78 is 33.1. The van der Waals surface area contributed by atoms with Gasteiger partial charge in [-0.2, -0.15) is 0 Å². The number of hydrogen-bond donors (Lipinski definition) is 2. The second kappa shape index (κ2) is 10.7. The minimum atomic E-state index is -2.98. The topological polar surface area (TPSA) is 92.9 Å². The molecule has 0 atom stereocenters. The zero-order valence-corrected chi connectivity index (χ0v) is 18.4.